The Kier molecular flexibility index (Phi) is 3.82. The number of rotatable bonds is 2. The van der Waals surface area contributed by atoms with Crippen LogP contribution in [0.15, 0.2) is 37.1 Å². The van der Waals surface area contributed by atoms with Crippen molar-refractivity contribution in [2.45, 2.75) is 0 Å². The molecule has 0 spiro atoms. The second kappa shape index (κ2) is 4.95. The Labute approximate surface area is 117 Å². The lowest BCUT2D eigenvalue weighted by atomic mass is 10.3. The van der Waals surface area contributed by atoms with Crippen LogP contribution in [0.4, 0.5) is 10.8 Å². The third-order valence-electron chi connectivity index (χ3n) is 1.65. The monoisotopic (exact) mass is 410 g/mol. The summed E-state index contributed by atoms with van der Waals surface area (Å²) < 4.78 is 2.90. The third-order valence-corrected chi connectivity index (χ3v) is 4.27. The van der Waals surface area contributed by atoms with E-state index >= 15 is 0 Å². The molecule has 0 atom stereocenters. The molecule has 0 amide bonds. The number of aromatic nitrogens is 1. The van der Waals surface area contributed by atoms with Crippen LogP contribution in [0.1, 0.15) is 0 Å². The van der Waals surface area contributed by atoms with Gasteiger partial charge in [0.25, 0.3) is 0 Å². The summed E-state index contributed by atoms with van der Waals surface area (Å²) in [6.07, 6.45) is 0. The van der Waals surface area contributed by atoms with Crippen LogP contribution >= 0.6 is 59.1 Å². The summed E-state index contributed by atoms with van der Waals surface area (Å²) in [5, 5.41) is 6.04. The molecular weight excluding hydrogens is 408 g/mol. The molecule has 0 bridgehead atoms. The molecule has 0 aliphatic rings. The number of thiazole rings is 1. The van der Waals surface area contributed by atoms with Gasteiger partial charge in [-0.15, -0.1) is 11.3 Å². The lowest BCUT2D eigenvalue weighted by Gasteiger charge is -2.05. The maximum absolute atomic E-state index is 4.26. The van der Waals surface area contributed by atoms with Gasteiger partial charge in [-0.2, -0.15) is 0 Å². The number of hydrogen-bond donors (Lipinski definition) is 1. The van der Waals surface area contributed by atoms with Gasteiger partial charge < -0.3 is 5.32 Å². The van der Waals surface area contributed by atoms with Gasteiger partial charge in [0.2, 0.25) is 0 Å². The highest BCUT2D eigenvalue weighted by atomic mass is 79.9. The summed E-state index contributed by atoms with van der Waals surface area (Å²) in [5.41, 5.74) is 1.00. The van der Waals surface area contributed by atoms with Gasteiger partial charge in [0.1, 0.15) is 4.60 Å². The van der Waals surface area contributed by atoms with Gasteiger partial charge in [0.15, 0.2) is 5.13 Å². The van der Waals surface area contributed by atoms with Crippen molar-refractivity contribution in [1.29, 1.82) is 0 Å². The highest BCUT2D eigenvalue weighted by Crippen LogP contribution is 2.30. The van der Waals surface area contributed by atoms with Gasteiger partial charge in [0.05, 0.1) is 5.69 Å². The first-order chi connectivity index (χ1) is 7.15. The van der Waals surface area contributed by atoms with Crippen LogP contribution in [0.2, 0.25) is 0 Å². The molecule has 0 radical (unpaired) electrons. The van der Waals surface area contributed by atoms with Gasteiger partial charge in [0, 0.05) is 14.3 Å². The first-order valence-electron chi connectivity index (χ1n) is 3.98. The lowest BCUT2D eigenvalue weighted by Crippen LogP contribution is -1.90. The van der Waals surface area contributed by atoms with Crippen molar-refractivity contribution in [2.24, 2.45) is 0 Å². The molecule has 2 nitrogen and oxygen atoms in total. The van der Waals surface area contributed by atoms with E-state index in [-0.39, 0.29) is 0 Å². The molecule has 0 aliphatic carbocycles. The topological polar surface area (TPSA) is 24.9 Å². The Morgan fingerprint density at radius 1 is 1.20 bits per heavy atom. The van der Waals surface area contributed by atoms with E-state index in [9.17, 15) is 0 Å². The molecule has 0 unspecified atom stereocenters. The molecule has 0 saturated carbocycles. The molecular formula is C9H5Br3N2S. The quantitative estimate of drug-likeness (QED) is 0.735. The van der Waals surface area contributed by atoms with Crippen LogP contribution in [0.5, 0.6) is 0 Å². The molecule has 15 heavy (non-hydrogen) atoms. The van der Waals surface area contributed by atoms with E-state index in [0.29, 0.717) is 0 Å². The van der Waals surface area contributed by atoms with E-state index in [1.807, 2.05) is 23.6 Å². The third kappa shape index (κ3) is 3.03. The maximum Gasteiger partial charge on any atom is 0.188 e. The van der Waals surface area contributed by atoms with Crippen LogP contribution in [0, 0.1) is 0 Å². The van der Waals surface area contributed by atoms with Crippen molar-refractivity contribution < 1.29 is 0 Å². The number of benzene rings is 1. The zero-order valence-corrected chi connectivity index (χ0v) is 12.9. The van der Waals surface area contributed by atoms with Gasteiger partial charge in [-0.25, -0.2) is 4.98 Å². The number of nitrogens with zero attached hydrogens (tertiary/aromatic N) is 1. The highest BCUT2D eigenvalue weighted by Gasteiger charge is 2.03. The lowest BCUT2D eigenvalue weighted by molar-refractivity contribution is 1.34. The Balaban J connectivity index is 2.24. The number of nitrogens with one attached hydrogen (secondary N) is 1. The minimum absolute atomic E-state index is 0.850. The first-order valence-corrected chi connectivity index (χ1v) is 7.24. The second-order valence-corrected chi connectivity index (χ2v) is 6.17. The average Bonchev–Trinajstić information content (AvgIpc) is 2.56. The largest absolute Gasteiger partial charge is 0.331 e. The molecule has 0 saturated heterocycles. The van der Waals surface area contributed by atoms with Crippen molar-refractivity contribution in [3.63, 3.8) is 0 Å². The van der Waals surface area contributed by atoms with Gasteiger partial charge in [-0.1, -0.05) is 15.9 Å². The molecule has 6 heteroatoms. The van der Waals surface area contributed by atoms with Crippen LogP contribution < -0.4 is 5.32 Å². The zero-order valence-electron chi connectivity index (χ0n) is 7.30. The van der Waals surface area contributed by atoms with Crippen molar-refractivity contribution >= 4 is 69.9 Å². The maximum atomic E-state index is 4.26. The molecule has 1 aromatic carbocycles. The van der Waals surface area contributed by atoms with Crippen molar-refractivity contribution in [2.75, 3.05) is 5.32 Å². The molecule has 78 valence electrons. The highest BCUT2D eigenvalue weighted by molar-refractivity contribution is 9.11. The van der Waals surface area contributed by atoms with Crippen LogP contribution in [0.3, 0.4) is 0 Å². The summed E-state index contributed by atoms with van der Waals surface area (Å²) in [7, 11) is 0. The molecule has 1 heterocycles. The summed E-state index contributed by atoms with van der Waals surface area (Å²) >= 11 is 11.8. The summed E-state index contributed by atoms with van der Waals surface area (Å²) in [6, 6.07) is 5.96. The van der Waals surface area contributed by atoms with Crippen molar-refractivity contribution in [3.8, 4) is 0 Å². The second-order valence-electron chi connectivity index (χ2n) is 2.72. The SMILES string of the molecule is Brc1ccc(Nc2nc(Br)cs2)c(Br)c1. The van der Waals surface area contributed by atoms with Gasteiger partial charge >= 0.3 is 0 Å². The van der Waals surface area contributed by atoms with E-state index < -0.39 is 0 Å². The Hall–Kier alpha value is 0.0900. The number of hydrogen-bond acceptors (Lipinski definition) is 3. The molecule has 2 rings (SSSR count). The van der Waals surface area contributed by atoms with Crippen LogP contribution in [-0.2, 0) is 0 Å². The van der Waals surface area contributed by atoms with E-state index in [4.69, 9.17) is 0 Å². The zero-order chi connectivity index (χ0) is 10.8. The van der Waals surface area contributed by atoms with E-state index in [1.165, 1.54) is 0 Å². The minimum Gasteiger partial charge on any atom is -0.331 e. The average molecular weight is 413 g/mol. The Bertz CT molecular complexity index is 484. The minimum atomic E-state index is 0.850. The summed E-state index contributed by atoms with van der Waals surface area (Å²) in [6.45, 7) is 0. The number of halogens is 3. The standard InChI is InChI=1S/C9H5Br3N2S/c10-5-1-2-7(6(11)3-5)13-9-14-8(12)4-15-9/h1-4H,(H,13,14). The molecule has 2 aromatic rings. The molecule has 0 aliphatic heterocycles. The Morgan fingerprint density at radius 2 is 2.00 bits per heavy atom. The van der Waals surface area contributed by atoms with Crippen LogP contribution in [-0.4, -0.2) is 4.98 Å². The Morgan fingerprint density at radius 3 is 2.60 bits per heavy atom. The summed E-state index contributed by atoms with van der Waals surface area (Å²) in [5.74, 6) is 0. The first kappa shape index (κ1) is 11.6. The smallest absolute Gasteiger partial charge is 0.188 e. The number of anilines is 2. The van der Waals surface area contributed by atoms with E-state index in [2.05, 4.69) is 58.1 Å². The van der Waals surface area contributed by atoms with E-state index in [1.54, 1.807) is 11.3 Å². The van der Waals surface area contributed by atoms with Gasteiger partial charge in [-0.3, -0.25) is 0 Å². The summed E-state index contributed by atoms with van der Waals surface area (Å²) in [4.78, 5) is 4.26. The normalized spacial score (nSPS) is 10.3. The fraction of sp³-hybridized carbons (Fsp3) is 0. The fourth-order valence-electron chi connectivity index (χ4n) is 1.02. The van der Waals surface area contributed by atoms with E-state index in [0.717, 1.165) is 24.4 Å². The van der Waals surface area contributed by atoms with Gasteiger partial charge in [-0.05, 0) is 50.1 Å². The molecule has 1 aromatic heterocycles. The predicted octanol–water partition coefficient (Wildman–Crippen LogP) is 5.17. The predicted molar refractivity (Wildman–Crippen MR) is 74.9 cm³/mol. The van der Waals surface area contributed by atoms with Crippen LogP contribution in [0.25, 0.3) is 0 Å². The molecule has 1 N–H and O–H groups in total. The fourth-order valence-corrected chi connectivity index (χ4v) is 3.32. The van der Waals surface area contributed by atoms with Crippen molar-refractivity contribution in [3.05, 3.63) is 37.1 Å². The molecule has 0 fully saturated rings. The van der Waals surface area contributed by atoms with Crippen molar-refractivity contribution in [1.82, 2.24) is 4.98 Å².